The molecule has 0 spiro atoms. The Morgan fingerprint density at radius 1 is 1.00 bits per heavy atom. The average molecular weight is 296 g/mol. The summed E-state index contributed by atoms with van der Waals surface area (Å²) in [6.45, 7) is 3.51. The van der Waals surface area contributed by atoms with Crippen LogP contribution in [0.4, 0.5) is 4.79 Å². The number of likely N-dealkylation sites (tertiary alicyclic amines) is 2. The molecule has 5 nitrogen and oxygen atoms in total. The van der Waals surface area contributed by atoms with Gasteiger partial charge in [0.1, 0.15) is 6.04 Å². The van der Waals surface area contributed by atoms with Crippen LogP contribution >= 0.6 is 0 Å². The fourth-order valence-corrected chi connectivity index (χ4v) is 3.64. The SMILES string of the molecule is CCCC1CCCCN1C(=O)N1CCCCCC1C(=O)O. The molecule has 2 aliphatic heterocycles. The van der Waals surface area contributed by atoms with E-state index in [2.05, 4.69) is 6.92 Å². The highest BCUT2D eigenvalue weighted by atomic mass is 16.4. The standard InChI is InChI=1S/C16H28N2O3/c1-2-8-13-9-5-7-11-17(13)16(21)18-12-6-3-4-10-14(18)15(19)20/h13-14H,2-12H2,1H3,(H,19,20). The summed E-state index contributed by atoms with van der Waals surface area (Å²) in [6.07, 6.45) is 8.80. The molecule has 1 N–H and O–H groups in total. The quantitative estimate of drug-likeness (QED) is 0.870. The van der Waals surface area contributed by atoms with E-state index in [1.165, 1.54) is 6.42 Å². The third-order valence-corrected chi connectivity index (χ3v) is 4.78. The Morgan fingerprint density at radius 2 is 1.67 bits per heavy atom. The van der Waals surface area contributed by atoms with Crippen molar-refractivity contribution >= 4 is 12.0 Å². The van der Waals surface area contributed by atoms with Gasteiger partial charge in [0.2, 0.25) is 0 Å². The molecule has 2 aliphatic rings. The smallest absolute Gasteiger partial charge is 0.326 e. The van der Waals surface area contributed by atoms with Crippen LogP contribution in [-0.4, -0.2) is 52.1 Å². The Kier molecular flexibility index (Phi) is 5.88. The molecule has 0 bridgehead atoms. The van der Waals surface area contributed by atoms with E-state index in [1.807, 2.05) is 4.90 Å². The molecule has 120 valence electrons. The van der Waals surface area contributed by atoms with Crippen LogP contribution in [0.3, 0.4) is 0 Å². The molecular formula is C16H28N2O3. The molecule has 0 aromatic carbocycles. The van der Waals surface area contributed by atoms with Gasteiger partial charge in [0.05, 0.1) is 0 Å². The van der Waals surface area contributed by atoms with E-state index in [4.69, 9.17) is 0 Å². The number of carbonyl (C=O) groups is 2. The number of nitrogens with zero attached hydrogens (tertiary/aromatic N) is 2. The Labute approximate surface area is 127 Å². The van der Waals surface area contributed by atoms with E-state index >= 15 is 0 Å². The van der Waals surface area contributed by atoms with E-state index in [0.29, 0.717) is 19.0 Å². The maximum absolute atomic E-state index is 12.9. The summed E-state index contributed by atoms with van der Waals surface area (Å²) < 4.78 is 0. The first-order valence-corrected chi connectivity index (χ1v) is 8.45. The summed E-state index contributed by atoms with van der Waals surface area (Å²) in [6, 6.07) is -0.374. The number of carbonyl (C=O) groups excluding carboxylic acids is 1. The van der Waals surface area contributed by atoms with Gasteiger partial charge in [-0.05, 0) is 38.5 Å². The van der Waals surface area contributed by atoms with Crippen LogP contribution in [0.5, 0.6) is 0 Å². The van der Waals surface area contributed by atoms with Crippen molar-refractivity contribution in [2.24, 2.45) is 0 Å². The normalized spacial score (nSPS) is 27.3. The van der Waals surface area contributed by atoms with Crippen LogP contribution in [-0.2, 0) is 4.79 Å². The van der Waals surface area contributed by atoms with Gasteiger partial charge in [0.15, 0.2) is 0 Å². The molecule has 0 saturated carbocycles. The second-order valence-corrected chi connectivity index (χ2v) is 6.31. The highest BCUT2D eigenvalue weighted by Crippen LogP contribution is 2.25. The number of hydrogen-bond acceptors (Lipinski definition) is 2. The lowest BCUT2D eigenvalue weighted by Gasteiger charge is -2.40. The minimum atomic E-state index is -0.852. The topological polar surface area (TPSA) is 60.9 Å². The molecule has 2 rings (SSSR count). The molecular weight excluding hydrogens is 268 g/mol. The summed E-state index contributed by atoms with van der Waals surface area (Å²) >= 11 is 0. The lowest BCUT2D eigenvalue weighted by Crippen LogP contribution is -2.54. The molecule has 0 aromatic rings. The summed E-state index contributed by atoms with van der Waals surface area (Å²) in [5, 5.41) is 9.44. The highest BCUT2D eigenvalue weighted by molar-refractivity contribution is 5.83. The van der Waals surface area contributed by atoms with E-state index in [1.54, 1.807) is 4.90 Å². The van der Waals surface area contributed by atoms with Gasteiger partial charge in [-0.1, -0.05) is 26.2 Å². The van der Waals surface area contributed by atoms with Crippen LogP contribution in [0, 0.1) is 0 Å². The second-order valence-electron chi connectivity index (χ2n) is 6.31. The van der Waals surface area contributed by atoms with Gasteiger partial charge in [-0.25, -0.2) is 9.59 Å². The number of aliphatic carboxylic acids is 1. The first-order valence-electron chi connectivity index (χ1n) is 8.45. The lowest BCUT2D eigenvalue weighted by atomic mass is 9.98. The Balaban J connectivity index is 2.12. The van der Waals surface area contributed by atoms with Gasteiger partial charge in [0, 0.05) is 19.1 Å². The van der Waals surface area contributed by atoms with Crippen molar-refractivity contribution < 1.29 is 14.7 Å². The van der Waals surface area contributed by atoms with E-state index in [-0.39, 0.29) is 6.03 Å². The fourth-order valence-electron chi connectivity index (χ4n) is 3.64. The molecule has 2 fully saturated rings. The number of carboxylic acid groups (broad SMARTS) is 1. The van der Waals surface area contributed by atoms with Gasteiger partial charge >= 0.3 is 12.0 Å². The first kappa shape index (κ1) is 16.1. The van der Waals surface area contributed by atoms with Crippen LogP contribution in [0.1, 0.15) is 64.7 Å². The molecule has 0 aliphatic carbocycles. The van der Waals surface area contributed by atoms with E-state index < -0.39 is 12.0 Å². The van der Waals surface area contributed by atoms with E-state index in [0.717, 1.165) is 51.5 Å². The number of amides is 2. The third kappa shape index (κ3) is 3.89. The summed E-state index contributed by atoms with van der Waals surface area (Å²) in [5.74, 6) is -0.852. The summed E-state index contributed by atoms with van der Waals surface area (Å²) in [7, 11) is 0. The number of hydrogen-bond donors (Lipinski definition) is 1. The maximum atomic E-state index is 12.9. The largest absolute Gasteiger partial charge is 0.480 e. The predicted octanol–water partition coefficient (Wildman–Crippen LogP) is 3.09. The summed E-state index contributed by atoms with van der Waals surface area (Å²) in [5.41, 5.74) is 0. The van der Waals surface area contributed by atoms with Gasteiger partial charge < -0.3 is 14.9 Å². The molecule has 0 aromatic heterocycles. The van der Waals surface area contributed by atoms with Gasteiger partial charge in [0.25, 0.3) is 0 Å². The molecule has 2 atom stereocenters. The molecule has 2 unspecified atom stereocenters. The maximum Gasteiger partial charge on any atom is 0.326 e. The van der Waals surface area contributed by atoms with Gasteiger partial charge in [-0.3, -0.25) is 0 Å². The Morgan fingerprint density at radius 3 is 2.38 bits per heavy atom. The molecule has 5 heteroatoms. The minimum Gasteiger partial charge on any atom is -0.480 e. The zero-order valence-corrected chi connectivity index (χ0v) is 13.1. The van der Waals surface area contributed by atoms with Crippen molar-refractivity contribution in [3.8, 4) is 0 Å². The first-order chi connectivity index (χ1) is 10.1. The third-order valence-electron chi connectivity index (χ3n) is 4.78. The zero-order chi connectivity index (χ0) is 15.2. The molecule has 2 heterocycles. The molecule has 2 saturated heterocycles. The highest BCUT2D eigenvalue weighted by Gasteiger charge is 2.36. The van der Waals surface area contributed by atoms with Crippen molar-refractivity contribution in [1.82, 2.24) is 9.80 Å². The van der Waals surface area contributed by atoms with Crippen molar-refractivity contribution in [3.05, 3.63) is 0 Å². The predicted molar refractivity (Wildman–Crippen MR) is 81.2 cm³/mol. The molecule has 21 heavy (non-hydrogen) atoms. The number of carboxylic acids is 1. The monoisotopic (exact) mass is 296 g/mol. The average Bonchev–Trinajstić information content (AvgIpc) is 2.73. The van der Waals surface area contributed by atoms with Crippen LogP contribution in [0.25, 0.3) is 0 Å². The van der Waals surface area contributed by atoms with Gasteiger partial charge in [-0.2, -0.15) is 0 Å². The van der Waals surface area contributed by atoms with Crippen molar-refractivity contribution in [1.29, 1.82) is 0 Å². The van der Waals surface area contributed by atoms with Crippen molar-refractivity contribution in [3.63, 3.8) is 0 Å². The van der Waals surface area contributed by atoms with Gasteiger partial charge in [-0.15, -0.1) is 0 Å². The van der Waals surface area contributed by atoms with Crippen LogP contribution < -0.4 is 0 Å². The Bertz CT molecular complexity index is 371. The van der Waals surface area contributed by atoms with E-state index in [9.17, 15) is 14.7 Å². The fraction of sp³-hybridized carbons (Fsp3) is 0.875. The summed E-state index contributed by atoms with van der Waals surface area (Å²) in [4.78, 5) is 28.0. The van der Waals surface area contributed by atoms with Crippen LogP contribution in [0.2, 0.25) is 0 Å². The zero-order valence-electron chi connectivity index (χ0n) is 13.1. The second kappa shape index (κ2) is 7.66. The number of piperidine rings is 1. The van der Waals surface area contributed by atoms with Crippen molar-refractivity contribution in [2.75, 3.05) is 13.1 Å². The Hall–Kier alpha value is -1.26. The van der Waals surface area contributed by atoms with Crippen LogP contribution in [0.15, 0.2) is 0 Å². The van der Waals surface area contributed by atoms with Crippen molar-refractivity contribution in [2.45, 2.75) is 76.8 Å². The number of rotatable bonds is 3. The molecule has 2 amide bonds. The minimum absolute atomic E-state index is 0.0394. The number of urea groups is 1. The lowest BCUT2D eigenvalue weighted by molar-refractivity contribution is -0.142. The molecule has 0 radical (unpaired) electrons.